The molecule has 0 aliphatic carbocycles. The lowest BCUT2D eigenvalue weighted by Gasteiger charge is -2.28. The van der Waals surface area contributed by atoms with Crippen LogP contribution in [-0.2, 0) is 4.79 Å². The number of nitriles is 3. The summed E-state index contributed by atoms with van der Waals surface area (Å²) in [5.74, 6) is 0.119. The standard InChI is InChI=1S/C17H15N5O/c1-12-8-14(21-15(11-20)13(9-18)10-19)5-6-16(12)22-7-3-2-4-17(22)23/h5-6,8,21H,2-4,7H2,1H3. The second kappa shape index (κ2) is 7.11. The van der Waals surface area contributed by atoms with Crippen molar-refractivity contribution in [2.75, 3.05) is 16.8 Å². The highest BCUT2D eigenvalue weighted by atomic mass is 16.2. The van der Waals surface area contributed by atoms with Crippen molar-refractivity contribution in [1.82, 2.24) is 0 Å². The highest BCUT2D eigenvalue weighted by Gasteiger charge is 2.21. The van der Waals surface area contributed by atoms with Crippen molar-refractivity contribution in [3.05, 3.63) is 35.0 Å². The molecule has 1 aromatic carbocycles. The van der Waals surface area contributed by atoms with Crippen molar-refractivity contribution in [2.45, 2.75) is 26.2 Å². The van der Waals surface area contributed by atoms with Crippen molar-refractivity contribution >= 4 is 17.3 Å². The molecule has 1 saturated heterocycles. The fraction of sp³-hybridized carbons (Fsp3) is 0.294. The van der Waals surface area contributed by atoms with E-state index in [1.807, 2.05) is 19.1 Å². The summed E-state index contributed by atoms with van der Waals surface area (Å²) in [6.45, 7) is 2.59. The topological polar surface area (TPSA) is 104 Å². The van der Waals surface area contributed by atoms with Gasteiger partial charge in [0.2, 0.25) is 5.91 Å². The third-order valence-electron chi connectivity index (χ3n) is 3.67. The van der Waals surface area contributed by atoms with Crippen LogP contribution in [0.3, 0.4) is 0 Å². The van der Waals surface area contributed by atoms with Gasteiger partial charge in [0.25, 0.3) is 0 Å². The molecular formula is C17H15N5O. The van der Waals surface area contributed by atoms with E-state index in [-0.39, 0.29) is 17.2 Å². The number of benzene rings is 1. The van der Waals surface area contributed by atoms with Gasteiger partial charge in [0, 0.05) is 24.3 Å². The molecular weight excluding hydrogens is 290 g/mol. The zero-order valence-corrected chi connectivity index (χ0v) is 12.8. The summed E-state index contributed by atoms with van der Waals surface area (Å²) < 4.78 is 0. The molecule has 1 N–H and O–H groups in total. The summed E-state index contributed by atoms with van der Waals surface area (Å²) in [6.07, 6.45) is 2.48. The summed E-state index contributed by atoms with van der Waals surface area (Å²) in [5, 5.41) is 29.5. The first-order valence-electron chi connectivity index (χ1n) is 7.23. The molecule has 23 heavy (non-hydrogen) atoms. The van der Waals surface area contributed by atoms with Gasteiger partial charge in [-0.1, -0.05) is 0 Å². The molecule has 0 radical (unpaired) electrons. The molecule has 0 atom stereocenters. The second-order valence-corrected chi connectivity index (χ2v) is 5.21. The third kappa shape index (κ3) is 3.48. The van der Waals surface area contributed by atoms with Crippen LogP contribution in [0.15, 0.2) is 29.5 Å². The average Bonchev–Trinajstić information content (AvgIpc) is 2.56. The van der Waals surface area contributed by atoms with E-state index in [1.165, 1.54) is 0 Å². The Hall–Kier alpha value is -3.30. The predicted octanol–water partition coefficient (Wildman–Crippen LogP) is 2.75. The van der Waals surface area contributed by atoms with Gasteiger partial charge in [-0.2, -0.15) is 15.8 Å². The Morgan fingerprint density at radius 1 is 1.17 bits per heavy atom. The van der Waals surface area contributed by atoms with Gasteiger partial charge < -0.3 is 10.2 Å². The molecule has 1 fully saturated rings. The van der Waals surface area contributed by atoms with Crippen molar-refractivity contribution in [3.63, 3.8) is 0 Å². The third-order valence-corrected chi connectivity index (χ3v) is 3.67. The van der Waals surface area contributed by atoms with Crippen molar-refractivity contribution in [3.8, 4) is 18.2 Å². The van der Waals surface area contributed by atoms with Gasteiger partial charge in [-0.15, -0.1) is 0 Å². The normalized spacial score (nSPS) is 13.5. The van der Waals surface area contributed by atoms with Gasteiger partial charge in [0.15, 0.2) is 5.57 Å². The molecule has 0 unspecified atom stereocenters. The van der Waals surface area contributed by atoms with Crippen LogP contribution in [0.2, 0.25) is 0 Å². The van der Waals surface area contributed by atoms with Gasteiger partial charge in [-0.25, -0.2) is 0 Å². The Morgan fingerprint density at radius 2 is 1.91 bits per heavy atom. The van der Waals surface area contributed by atoms with E-state index in [0.29, 0.717) is 18.7 Å². The number of carbonyl (C=O) groups excluding carboxylic acids is 1. The average molecular weight is 305 g/mol. The number of rotatable bonds is 3. The number of carbonyl (C=O) groups is 1. The zero-order chi connectivity index (χ0) is 16.8. The maximum absolute atomic E-state index is 12.0. The Labute approximate surface area is 134 Å². The molecule has 1 heterocycles. The molecule has 1 aliphatic rings. The maximum Gasteiger partial charge on any atom is 0.226 e. The number of piperidine rings is 1. The van der Waals surface area contributed by atoms with Gasteiger partial charge in [0.05, 0.1) is 0 Å². The molecule has 2 rings (SSSR count). The Morgan fingerprint density at radius 3 is 2.48 bits per heavy atom. The minimum absolute atomic E-state index is 0.0869. The number of amides is 1. The number of aryl methyl sites for hydroxylation is 1. The molecule has 114 valence electrons. The molecule has 6 heteroatoms. The summed E-state index contributed by atoms with van der Waals surface area (Å²) in [6, 6.07) is 10.5. The molecule has 1 amide bonds. The second-order valence-electron chi connectivity index (χ2n) is 5.21. The summed E-state index contributed by atoms with van der Waals surface area (Å²) in [5.41, 5.74) is 1.98. The lowest BCUT2D eigenvalue weighted by molar-refractivity contribution is -0.119. The van der Waals surface area contributed by atoms with Crippen LogP contribution in [0.1, 0.15) is 24.8 Å². The largest absolute Gasteiger partial charge is 0.345 e. The Kier molecular flexibility index (Phi) is 4.97. The Balaban J connectivity index is 2.29. The lowest BCUT2D eigenvalue weighted by atomic mass is 10.1. The lowest BCUT2D eigenvalue weighted by Crippen LogP contribution is -2.35. The van der Waals surface area contributed by atoms with Crippen molar-refractivity contribution in [1.29, 1.82) is 15.8 Å². The summed E-state index contributed by atoms with van der Waals surface area (Å²) in [7, 11) is 0. The van der Waals surface area contributed by atoms with Crippen LogP contribution < -0.4 is 10.2 Å². The molecule has 0 bridgehead atoms. The van der Waals surface area contributed by atoms with Crippen LogP contribution in [-0.4, -0.2) is 12.5 Å². The smallest absolute Gasteiger partial charge is 0.226 e. The van der Waals surface area contributed by atoms with Gasteiger partial charge in [0.1, 0.15) is 23.9 Å². The highest BCUT2D eigenvalue weighted by Crippen LogP contribution is 2.27. The van der Waals surface area contributed by atoms with Crippen LogP contribution in [0.25, 0.3) is 0 Å². The van der Waals surface area contributed by atoms with Gasteiger partial charge in [-0.3, -0.25) is 4.79 Å². The van der Waals surface area contributed by atoms with E-state index in [1.54, 1.807) is 29.2 Å². The molecule has 1 aliphatic heterocycles. The van der Waals surface area contributed by atoms with E-state index >= 15 is 0 Å². The molecule has 0 saturated carbocycles. The first-order chi connectivity index (χ1) is 11.1. The van der Waals surface area contributed by atoms with Gasteiger partial charge in [-0.05, 0) is 43.5 Å². The minimum Gasteiger partial charge on any atom is -0.345 e. The van der Waals surface area contributed by atoms with E-state index in [4.69, 9.17) is 15.8 Å². The maximum atomic E-state index is 12.0. The fourth-order valence-electron chi connectivity index (χ4n) is 2.52. The number of nitrogens with one attached hydrogen (secondary N) is 1. The first-order valence-corrected chi connectivity index (χ1v) is 7.23. The monoisotopic (exact) mass is 305 g/mol. The molecule has 6 nitrogen and oxygen atoms in total. The van der Waals surface area contributed by atoms with E-state index in [9.17, 15) is 4.79 Å². The van der Waals surface area contributed by atoms with E-state index < -0.39 is 0 Å². The summed E-state index contributed by atoms with van der Waals surface area (Å²) in [4.78, 5) is 13.8. The van der Waals surface area contributed by atoms with Crippen LogP contribution >= 0.6 is 0 Å². The quantitative estimate of drug-likeness (QED) is 0.865. The molecule has 1 aromatic rings. The number of anilines is 2. The Bertz CT molecular complexity index is 773. The van der Waals surface area contributed by atoms with Crippen LogP contribution in [0, 0.1) is 40.9 Å². The zero-order valence-electron chi connectivity index (χ0n) is 12.8. The first kappa shape index (κ1) is 16.1. The van der Waals surface area contributed by atoms with Gasteiger partial charge >= 0.3 is 0 Å². The predicted molar refractivity (Wildman–Crippen MR) is 84.9 cm³/mol. The minimum atomic E-state index is -0.263. The number of nitrogens with zero attached hydrogens (tertiary/aromatic N) is 4. The van der Waals surface area contributed by atoms with E-state index in [2.05, 4.69) is 5.32 Å². The van der Waals surface area contributed by atoms with E-state index in [0.717, 1.165) is 24.1 Å². The SMILES string of the molecule is Cc1cc(NC(C#N)=C(C#N)C#N)ccc1N1CCCCC1=O. The molecule has 0 spiro atoms. The number of allylic oxidation sites excluding steroid dienone is 2. The van der Waals surface area contributed by atoms with Crippen molar-refractivity contribution in [2.24, 2.45) is 0 Å². The van der Waals surface area contributed by atoms with Crippen molar-refractivity contribution < 1.29 is 4.79 Å². The summed E-state index contributed by atoms with van der Waals surface area (Å²) >= 11 is 0. The van der Waals surface area contributed by atoms with Crippen LogP contribution in [0.5, 0.6) is 0 Å². The fourth-order valence-corrected chi connectivity index (χ4v) is 2.52. The highest BCUT2D eigenvalue weighted by molar-refractivity contribution is 5.95. The number of hydrogen-bond donors (Lipinski definition) is 1. The number of hydrogen-bond acceptors (Lipinski definition) is 5. The van der Waals surface area contributed by atoms with Crippen LogP contribution in [0.4, 0.5) is 11.4 Å². The molecule has 0 aromatic heterocycles.